The molecule has 0 amide bonds. The number of hydrogen-bond donors (Lipinski definition) is 1. The lowest BCUT2D eigenvalue weighted by Gasteiger charge is -1.97. The van der Waals surface area contributed by atoms with Crippen molar-refractivity contribution in [1.82, 2.24) is 0 Å². The molecule has 0 aliphatic carbocycles. The molecule has 0 unspecified atom stereocenters. The summed E-state index contributed by atoms with van der Waals surface area (Å²) in [6, 6.07) is 5.95. The van der Waals surface area contributed by atoms with Gasteiger partial charge in [0.25, 0.3) is 0 Å². The van der Waals surface area contributed by atoms with E-state index in [2.05, 4.69) is 11.4 Å². The van der Waals surface area contributed by atoms with Gasteiger partial charge < -0.3 is 10.2 Å². The van der Waals surface area contributed by atoms with Gasteiger partial charge in [-0.1, -0.05) is 0 Å². The van der Waals surface area contributed by atoms with E-state index in [1.807, 2.05) is 12.1 Å². The standard InChI is InChI=1S/C10H11NOS/c11-5-3-10-8(4-7-13-10)9-2-1-6-12-9/h1-2,4,6-7H,3,5,11H2. The monoisotopic (exact) mass is 193 g/mol. The summed E-state index contributed by atoms with van der Waals surface area (Å²) in [6.45, 7) is 0.689. The topological polar surface area (TPSA) is 39.2 Å². The lowest BCUT2D eigenvalue weighted by atomic mass is 10.2. The van der Waals surface area contributed by atoms with Crippen LogP contribution < -0.4 is 5.73 Å². The fraction of sp³-hybridized carbons (Fsp3) is 0.200. The van der Waals surface area contributed by atoms with E-state index in [0.29, 0.717) is 6.54 Å². The van der Waals surface area contributed by atoms with Gasteiger partial charge in [-0.15, -0.1) is 11.3 Å². The number of thiophene rings is 1. The Morgan fingerprint density at radius 1 is 1.38 bits per heavy atom. The van der Waals surface area contributed by atoms with Crippen molar-refractivity contribution in [1.29, 1.82) is 0 Å². The third-order valence-corrected chi connectivity index (χ3v) is 2.88. The first-order chi connectivity index (χ1) is 6.42. The van der Waals surface area contributed by atoms with Gasteiger partial charge in [0, 0.05) is 10.4 Å². The molecule has 0 bridgehead atoms. The van der Waals surface area contributed by atoms with Crippen molar-refractivity contribution in [2.24, 2.45) is 5.73 Å². The highest BCUT2D eigenvalue weighted by Gasteiger charge is 2.07. The van der Waals surface area contributed by atoms with Crippen LogP contribution in [-0.4, -0.2) is 6.54 Å². The Labute approximate surface area is 81.0 Å². The molecule has 2 N–H and O–H groups in total. The number of nitrogens with two attached hydrogens (primary N) is 1. The zero-order valence-corrected chi connectivity index (χ0v) is 8.01. The van der Waals surface area contributed by atoms with E-state index in [1.165, 1.54) is 10.4 Å². The van der Waals surface area contributed by atoms with Gasteiger partial charge >= 0.3 is 0 Å². The van der Waals surface area contributed by atoms with Gasteiger partial charge in [0.05, 0.1) is 6.26 Å². The first-order valence-electron chi connectivity index (χ1n) is 4.22. The second-order valence-corrected chi connectivity index (χ2v) is 3.77. The van der Waals surface area contributed by atoms with Crippen LogP contribution in [0.4, 0.5) is 0 Å². The zero-order chi connectivity index (χ0) is 9.10. The molecule has 0 spiro atoms. The van der Waals surface area contributed by atoms with Crippen LogP contribution in [0.25, 0.3) is 11.3 Å². The summed E-state index contributed by atoms with van der Waals surface area (Å²) in [6.07, 6.45) is 2.62. The second kappa shape index (κ2) is 3.77. The van der Waals surface area contributed by atoms with E-state index >= 15 is 0 Å². The number of hydrogen-bond acceptors (Lipinski definition) is 3. The highest BCUT2D eigenvalue weighted by molar-refractivity contribution is 7.10. The smallest absolute Gasteiger partial charge is 0.134 e. The molecule has 0 aromatic carbocycles. The average Bonchev–Trinajstić information content (AvgIpc) is 2.71. The average molecular weight is 193 g/mol. The van der Waals surface area contributed by atoms with Crippen molar-refractivity contribution >= 4 is 11.3 Å². The maximum atomic E-state index is 5.52. The summed E-state index contributed by atoms with van der Waals surface area (Å²) < 4.78 is 5.33. The maximum absolute atomic E-state index is 5.52. The van der Waals surface area contributed by atoms with Crippen LogP contribution in [0.3, 0.4) is 0 Å². The lowest BCUT2D eigenvalue weighted by Crippen LogP contribution is -2.01. The van der Waals surface area contributed by atoms with Gasteiger partial charge in [-0.3, -0.25) is 0 Å². The molecule has 0 saturated heterocycles. The summed E-state index contributed by atoms with van der Waals surface area (Å²) in [5.74, 6) is 0.935. The Morgan fingerprint density at radius 2 is 2.31 bits per heavy atom. The first kappa shape index (κ1) is 8.53. The van der Waals surface area contributed by atoms with Crippen molar-refractivity contribution in [2.45, 2.75) is 6.42 Å². The molecular weight excluding hydrogens is 182 g/mol. The van der Waals surface area contributed by atoms with Crippen LogP contribution in [0.1, 0.15) is 4.88 Å². The van der Waals surface area contributed by atoms with Crippen molar-refractivity contribution in [3.63, 3.8) is 0 Å². The Bertz CT molecular complexity index is 364. The van der Waals surface area contributed by atoms with E-state index in [0.717, 1.165) is 12.2 Å². The molecule has 2 heterocycles. The minimum atomic E-state index is 0.689. The van der Waals surface area contributed by atoms with Gasteiger partial charge in [0.1, 0.15) is 5.76 Å². The Morgan fingerprint density at radius 3 is 3.00 bits per heavy atom. The van der Waals surface area contributed by atoms with Crippen molar-refractivity contribution in [3.8, 4) is 11.3 Å². The molecule has 0 fully saturated rings. The van der Waals surface area contributed by atoms with Crippen LogP contribution >= 0.6 is 11.3 Å². The molecule has 2 nitrogen and oxygen atoms in total. The highest BCUT2D eigenvalue weighted by atomic mass is 32.1. The third-order valence-electron chi connectivity index (χ3n) is 1.90. The normalized spacial score (nSPS) is 10.5. The summed E-state index contributed by atoms with van der Waals surface area (Å²) in [4.78, 5) is 1.30. The molecule has 0 aliphatic rings. The molecule has 0 radical (unpaired) electrons. The Hall–Kier alpha value is -1.06. The van der Waals surface area contributed by atoms with Gasteiger partial charge in [-0.05, 0) is 36.5 Å². The largest absolute Gasteiger partial charge is 0.464 e. The quantitative estimate of drug-likeness (QED) is 0.813. The summed E-state index contributed by atoms with van der Waals surface area (Å²) in [7, 11) is 0. The van der Waals surface area contributed by atoms with Gasteiger partial charge in [0.15, 0.2) is 0 Å². The van der Waals surface area contributed by atoms with Gasteiger partial charge in [0.2, 0.25) is 0 Å². The van der Waals surface area contributed by atoms with E-state index in [-0.39, 0.29) is 0 Å². The van der Waals surface area contributed by atoms with Crippen LogP contribution in [0.5, 0.6) is 0 Å². The van der Waals surface area contributed by atoms with Crippen LogP contribution in [0, 0.1) is 0 Å². The van der Waals surface area contributed by atoms with Crippen LogP contribution in [-0.2, 0) is 6.42 Å². The van der Waals surface area contributed by atoms with E-state index in [9.17, 15) is 0 Å². The van der Waals surface area contributed by atoms with Gasteiger partial charge in [-0.2, -0.15) is 0 Å². The molecule has 2 rings (SSSR count). The first-order valence-corrected chi connectivity index (χ1v) is 5.10. The predicted octanol–water partition coefficient (Wildman–Crippen LogP) is 2.51. The highest BCUT2D eigenvalue weighted by Crippen LogP contribution is 2.28. The van der Waals surface area contributed by atoms with E-state index in [4.69, 9.17) is 10.2 Å². The summed E-state index contributed by atoms with van der Waals surface area (Å²) >= 11 is 1.73. The predicted molar refractivity (Wildman–Crippen MR) is 54.8 cm³/mol. The molecule has 3 heteroatoms. The summed E-state index contributed by atoms with van der Waals surface area (Å²) in [5.41, 5.74) is 6.70. The van der Waals surface area contributed by atoms with E-state index in [1.54, 1.807) is 17.6 Å². The molecule has 13 heavy (non-hydrogen) atoms. The van der Waals surface area contributed by atoms with Crippen LogP contribution in [0.15, 0.2) is 34.3 Å². The molecule has 2 aromatic rings. The Balaban J connectivity index is 2.35. The van der Waals surface area contributed by atoms with E-state index < -0.39 is 0 Å². The SMILES string of the molecule is NCCc1sccc1-c1ccco1. The lowest BCUT2D eigenvalue weighted by molar-refractivity contribution is 0.582. The minimum absolute atomic E-state index is 0.689. The fourth-order valence-electron chi connectivity index (χ4n) is 1.32. The van der Waals surface area contributed by atoms with Crippen molar-refractivity contribution in [3.05, 3.63) is 34.7 Å². The fourth-order valence-corrected chi connectivity index (χ4v) is 2.22. The van der Waals surface area contributed by atoms with Crippen molar-refractivity contribution in [2.75, 3.05) is 6.54 Å². The molecule has 0 aliphatic heterocycles. The maximum Gasteiger partial charge on any atom is 0.134 e. The molecule has 2 aromatic heterocycles. The third kappa shape index (κ3) is 1.66. The summed E-state index contributed by atoms with van der Waals surface area (Å²) in [5, 5.41) is 2.07. The molecule has 0 saturated carbocycles. The molecular formula is C10H11NOS. The number of rotatable bonds is 3. The molecule has 0 atom stereocenters. The van der Waals surface area contributed by atoms with Gasteiger partial charge in [-0.25, -0.2) is 0 Å². The minimum Gasteiger partial charge on any atom is -0.464 e. The van der Waals surface area contributed by atoms with Crippen LogP contribution in [0.2, 0.25) is 0 Å². The zero-order valence-electron chi connectivity index (χ0n) is 7.19. The molecule has 68 valence electrons. The van der Waals surface area contributed by atoms with Crippen molar-refractivity contribution < 1.29 is 4.42 Å². The number of furan rings is 1. The Kier molecular flexibility index (Phi) is 2.47. The second-order valence-electron chi connectivity index (χ2n) is 2.77.